The predicted molar refractivity (Wildman–Crippen MR) is 122 cm³/mol. The van der Waals surface area contributed by atoms with Crippen LogP contribution < -0.4 is 10.7 Å². The van der Waals surface area contributed by atoms with Gasteiger partial charge in [-0.1, -0.05) is 79.7 Å². The fourth-order valence-electron chi connectivity index (χ4n) is 3.57. The Balaban J connectivity index is 1.41. The lowest BCUT2D eigenvalue weighted by atomic mass is 10.1. The predicted octanol–water partition coefficient (Wildman–Crippen LogP) is 5.67. The minimum absolute atomic E-state index is 0.0134. The molecule has 0 unspecified atom stereocenters. The van der Waals surface area contributed by atoms with Gasteiger partial charge >= 0.3 is 0 Å². The molecule has 4 aromatic rings. The molecule has 0 saturated carbocycles. The van der Waals surface area contributed by atoms with Crippen LogP contribution in [-0.4, -0.2) is 24.0 Å². The molecule has 0 aliphatic heterocycles. The average molecular weight is 383 g/mol. The maximum atomic E-state index is 12.6. The molecule has 0 heterocycles. The third-order valence-electron chi connectivity index (χ3n) is 5.12. The van der Waals surface area contributed by atoms with Crippen LogP contribution in [0.2, 0.25) is 0 Å². The molecule has 0 atom stereocenters. The number of nitrogens with zero attached hydrogens (tertiary/aromatic N) is 1. The zero-order chi connectivity index (χ0) is 20.1. The third-order valence-corrected chi connectivity index (χ3v) is 5.12. The zero-order valence-corrected chi connectivity index (χ0v) is 16.6. The van der Waals surface area contributed by atoms with Crippen LogP contribution in [-0.2, 0) is 4.79 Å². The number of hydrazine groups is 1. The third kappa shape index (κ3) is 4.39. The van der Waals surface area contributed by atoms with E-state index in [1.165, 1.54) is 10.8 Å². The summed E-state index contributed by atoms with van der Waals surface area (Å²) < 4.78 is 0. The van der Waals surface area contributed by atoms with E-state index in [1.807, 2.05) is 48.5 Å². The second-order valence-corrected chi connectivity index (χ2v) is 7.04. The summed E-state index contributed by atoms with van der Waals surface area (Å²) in [6, 6.07) is 28.6. The molecule has 0 bridgehead atoms. The van der Waals surface area contributed by atoms with E-state index in [-0.39, 0.29) is 5.91 Å². The summed E-state index contributed by atoms with van der Waals surface area (Å²) in [6.45, 7) is 3.50. The maximum absolute atomic E-state index is 12.6. The van der Waals surface area contributed by atoms with Crippen LogP contribution in [0, 0.1) is 0 Å². The molecule has 0 aromatic heterocycles. The monoisotopic (exact) mass is 383 g/mol. The fraction of sp³-hybridized carbons (Fsp3) is 0.160. The van der Waals surface area contributed by atoms with E-state index in [4.69, 9.17) is 0 Å². The van der Waals surface area contributed by atoms with E-state index < -0.39 is 0 Å². The number of anilines is 2. The van der Waals surface area contributed by atoms with Crippen molar-refractivity contribution < 1.29 is 4.79 Å². The molecule has 0 fully saturated rings. The summed E-state index contributed by atoms with van der Waals surface area (Å²) in [6.07, 6.45) is 0.412. The molecular formula is C25H25N3O. The van der Waals surface area contributed by atoms with E-state index in [0.717, 1.165) is 28.7 Å². The molecule has 0 radical (unpaired) electrons. The van der Waals surface area contributed by atoms with Crippen LogP contribution in [0.25, 0.3) is 21.5 Å². The molecule has 29 heavy (non-hydrogen) atoms. The van der Waals surface area contributed by atoms with Crippen molar-refractivity contribution in [2.24, 2.45) is 0 Å². The fourth-order valence-corrected chi connectivity index (χ4v) is 3.57. The molecule has 4 nitrogen and oxygen atoms in total. The number of fused-ring (bicyclic) bond motifs is 2. The topological polar surface area (TPSA) is 44.4 Å². The second kappa shape index (κ2) is 8.76. The first-order valence-electron chi connectivity index (χ1n) is 10.0. The summed E-state index contributed by atoms with van der Waals surface area (Å²) in [4.78, 5) is 12.6. The highest BCUT2D eigenvalue weighted by molar-refractivity contribution is 6.02. The summed E-state index contributed by atoms with van der Waals surface area (Å²) >= 11 is 0. The van der Waals surface area contributed by atoms with Crippen LogP contribution in [0.4, 0.5) is 11.4 Å². The molecule has 4 rings (SSSR count). The Morgan fingerprint density at radius 1 is 0.759 bits per heavy atom. The van der Waals surface area contributed by atoms with Gasteiger partial charge in [0.25, 0.3) is 0 Å². The van der Waals surface area contributed by atoms with E-state index >= 15 is 0 Å². The summed E-state index contributed by atoms with van der Waals surface area (Å²) in [5, 5.41) is 9.69. The summed E-state index contributed by atoms with van der Waals surface area (Å²) in [5.41, 5.74) is 5.39. The average Bonchev–Trinajstić information content (AvgIpc) is 2.77. The molecule has 0 spiro atoms. The quantitative estimate of drug-likeness (QED) is 0.404. The number of nitrogens with one attached hydrogen (secondary N) is 2. The normalized spacial score (nSPS) is 11.1. The van der Waals surface area contributed by atoms with E-state index in [2.05, 4.69) is 59.1 Å². The van der Waals surface area contributed by atoms with Crippen LogP contribution in [0.3, 0.4) is 0 Å². The lowest BCUT2D eigenvalue weighted by Crippen LogP contribution is -2.33. The highest BCUT2D eigenvalue weighted by atomic mass is 16.1. The van der Waals surface area contributed by atoms with Crippen molar-refractivity contribution in [2.75, 3.05) is 23.8 Å². The minimum atomic E-state index is 0.0134. The molecule has 4 aromatic carbocycles. The molecule has 1 amide bonds. The number of carbonyl (C=O) groups excluding carboxylic acids is 1. The molecule has 4 heteroatoms. The Labute approximate surface area is 171 Å². The van der Waals surface area contributed by atoms with Crippen LogP contribution in [0.5, 0.6) is 0 Å². The van der Waals surface area contributed by atoms with Gasteiger partial charge in [0.1, 0.15) is 0 Å². The highest BCUT2D eigenvalue weighted by Gasteiger charge is 2.10. The Bertz CT molecular complexity index is 1130. The number of benzene rings is 4. The lowest BCUT2D eigenvalue weighted by Gasteiger charge is -2.23. The highest BCUT2D eigenvalue weighted by Crippen LogP contribution is 2.24. The van der Waals surface area contributed by atoms with Crippen molar-refractivity contribution in [3.8, 4) is 0 Å². The van der Waals surface area contributed by atoms with Crippen LogP contribution >= 0.6 is 0 Å². The molecule has 0 saturated heterocycles. The van der Waals surface area contributed by atoms with Gasteiger partial charge in [-0.3, -0.25) is 4.79 Å². The van der Waals surface area contributed by atoms with E-state index in [9.17, 15) is 4.79 Å². The number of rotatable bonds is 7. The zero-order valence-electron chi connectivity index (χ0n) is 16.6. The first-order chi connectivity index (χ1) is 14.2. The maximum Gasteiger partial charge on any atom is 0.225 e. The first-order valence-corrected chi connectivity index (χ1v) is 10.0. The van der Waals surface area contributed by atoms with Gasteiger partial charge in [-0.25, -0.2) is 5.01 Å². The smallest absolute Gasteiger partial charge is 0.225 e. The largest absolute Gasteiger partial charge is 0.325 e. The summed E-state index contributed by atoms with van der Waals surface area (Å²) in [5.74, 6) is 0.0134. The van der Waals surface area contributed by atoms with Crippen molar-refractivity contribution in [3.05, 3.63) is 84.9 Å². The second-order valence-electron chi connectivity index (χ2n) is 7.04. The molecule has 2 N–H and O–H groups in total. The van der Waals surface area contributed by atoms with Gasteiger partial charge in [0.05, 0.1) is 5.69 Å². The van der Waals surface area contributed by atoms with Gasteiger partial charge in [-0.05, 0) is 22.9 Å². The van der Waals surface area contributed by atoms with Gasteiger partial charge in [0.15, 0.2) is 0 Å². The Morgan fingerprint density at radius 3 is 1.97 bits per heavy atom. The standard InChI is InChI=1S/C25H25N3O/c1-2-28(27-24-16-8-12-20-10-4-6-14-22(20)24)18-17-25(29)26-23-15-7-11-19-9-3-5-13-21(19)23/h3-16,27H,2,17-18H2,1H3,(H,26,29). The van der Waals surface area contributed by atoms with Gasteiger partial charge in [0.2, 0.25) is 5.91 Å². The number of carbonyl (C=O) groups is 1. The van der Waals surface area contributed by atoms with E-state index in [0.29, 0.717) is 13.0 Å². The number of hydrogen-bond donors (Lipinski definition) is 2. The minimum Gasteiger partial charge on any atom is -0.325 e. The Kier molecular flexibility index (Phi) is 5.73. The first kappa shape index (κ1) is 19.0. The van der Waals surface area contributed by atoms with Crippen LogP contribution in [0.1, 0.15) is 13.3 Å². The summed E-state index contributed by atoms with van der Waals surface area (Å²) in [7, 11) is 0. The lowest BCUT2D eigenvalue weighted by molar-refractivity contribution is -0.116. The molecule has 0 aliphatic carbocycles. The van der Waals surface area contributed by atoms with Crippen molar-refractivity contribution in [1.29, 1.82) is 0 Å². The van der Waals surface area contributed by atoms with Crippen molar-refractivity contribution in [3.63, 3.8) is 0 Å². The van der Waals surface area contributed by atoms with Crippen molar-refractivity contribution in [2.45, 2.75) is 13.3 Å². The molecular weight excluding hydrogens is 358 g/mol. The SMILES string of the molecule is CCN(CCC(=O)Nc1cccc2ccccc12)Nc1cccc2ccccc12. The Morgan fingerprint density at radius 2 is 1.31 bits per heavy atom. The van der Waals surface area contributed by atoms with Crippen molar-refractivity contribution in [1.82, 2.24) is 5.01 Å². The van der Waals surface area contributed by atoms with Gasteiger partial charge < -0.3 is 10.7 Å². The molecule has 146 valence electrons. The Hall–Kier alpha value is -3.37. The van der Waals surface area contributed by atoms with Crippen LogP contribution in [0.15, 0.2) is 84.9 Å². The number of hydrogen-bond acceptors (Lipinski definition) is 3. The van der Waals surface area contributed by atoms with Gasteiger partial charge in [0, 0.05) is 36.0 Å². The van der Waals surface area contributed by atoms with E-state index in [1.54, 1.807) is 0 Å². The molecule has 0 aliphatic rings. The van der Waals surface area contributed by atoms with Gasteiger partial charge in [-0.2, -0.15) is 0 Å². The van der Waals surface area contributed by atoms with Crippen molar-refractivity contribution >= 4 is 38.8 Å². The van der Waals surface area contributed by atoms with Gasteiger partial charge in [-0.15, -0.1) is 0 Å². The number of amides is 1.